The Bertz CT molecular complexity index is 538. The molecule has 0 spiro atoms. The molecule has 0 saturated carbocycles. The maximum Gasteiger partial charge on any atom is 0.338 e. The van der Waals surface area contributed by atoms with Crippen LogP contribution in [-0.2, 0) is 11.2 Å². The smallest absolute Gasteiger partial charge is 0.338 e. The van der Waals surface area contributed by atoms with Gasteiger partial charge in [-0.25, -0.2) is 4.79 Å². The van der Waals surface area contributed by atoms with Gasteiger partial charge in [-0.15, -0.1) is 0 Å². The summed E-state index contributed by atoms with van der Waals surface area (Å²) in [5.41, 5.74) is 1.80. The Hall–Kier alpha value is -1.51. The summed E-state index contributed by atoms with van der Waals surface area (Å²) in [6.45, 7) is 4.97. The van der Waals surface area contributed by atoms with Crippen molar-refractivity contribution in [1.29, 1.82) is 0 Å². The topological polar surface area (TPSA) is 35.5 Å². The fraction of sp³-hybridized carbons (Fsp3) is 0.696. The molecule has 1 aromatic rings. The van der Waals surface area contributed by atoms with Crippen LogP contribution in [-0.4, -0.2) is 18.7 Å². The van der Waals surface area contributed by atoms with Gasteiger partial charge in [0.1, 0.15) is 5.75 Å². The molecular formula is C23H36O3. The lowest BCUT2D eigenvalue weighted by Crippen LogP contribution is -2.23. The molecule has 0 N–H and O–H groups in total. The second kappa shape index (κ2) is 12.0. The van der Waals surface area contributed by atoms with Gasteiger partial charge in [0.2, 0.25) is 0 Å². The van der Waals surface area contributed by atoms with E-state index in [9.17, 15) is 4.79 Å². The molecule has 1 atom stereocenters. The Kier molecular flexibility index (Phi) is 9.58. The zero-order valence-corrected chi connectivity index (χ0v) is 16.7. The average Bonchev–Trinajstić information content (AvgIpc) is 2.67. The summed E-state index contributed by atoms with van der Waals surface area (Å²) in [6.07, 6.45) is 14.5. The maximum atomic E-state index is 12.2. The fourth-order valence-corrected chi connectivity index (χ4v) is 3.53. The van der Waals surface area contributed by atoms with Crippen molar-refractivity contribution in [2.45, 2.75) is 97.0 Å². The lowest BCUT2D eigenvalue weighted by Gasteiger charge is -2.26. The number of hydrogen-bond donors (Lipinski definition) is 0. The highest BCUT2D eigenvalue weighted by molar-refractivity contribution is 5.89. The van der Waals surface area contributed by atoms with Crippen LogP contribution in [0.3, 0.4) is 0 Å². The van der Waals surface area contributed by atoms with Crippen LogP contribution in [0.2, 0.25) is 0 Å². The summed E-state index contributed by atoms with van der Waals surface area (Å²) in [5.74, 6) is 0.748. The van der Waals surface area contributed by atoms with Crippen molar-refractivity contribution in [3.05, 3.63) is 29.3 Å². The Morgan fingerprint density at radius 1 is 1.04 bits per heavy atom. The molecule has 0 fully saturated rings. The van der Waals surface area contributed by atoms with Gasteiger partial charge >= 0.3 is 5.97 Å². The number of aryl methyl sites for hydroxylation is 1. The number of hydrogen-bond acceptors (Lipinski definition) is 3. The summed E-state index contributed by atoms with van der Waals surface area (Å²) in [6, 6.07) is 5.76. The van der Waals surface area contributed by atoms with Gasteiger partial charge in [-0.1, -0.05) is 58.8 Å². The number of ether oxygens (including phenoxy) is 2. The highest BCUT2D eigenvalue weighted by atomic mass is 16.5. The lowest BCUT2D eigenvalue weighted by atomic mass is 9.97. The maximum absolute atomic E-state index is 12.2. The summed E-state index contributed by atoms with van der Waals surface area (Å²) >= 11 is 0. The molecule has 0 saturated heterocycles. The molecule has 0 aromatic heterocycles. The van der Waals surface area contributed by atoms with Crippen LogP contribution in [0, 0.1) is 0 Å². The molecular weight excluding hydrogens is 324 g/mol. The van der Waals surface area contributed by atoms with Gasteiger partial charge in [0, 0.05) is 0 Å². The van der Waals surface area contributed by atoms with Gasteiger partial charge in [0.15, 0.2) is 0 Å². The quantitative estimate of drug-likeness (QED) is 0.316. The van der Waals surface area contributed by atoms with Crippen molar-refractivity contribution in [2.24, 2.45) is 0 Å². The van der Waals surface area contributed by atoms with E-state index >= 15 is 0 Å². The molecule has 146 valence electrons. The van der Waals surface area contributed by atoms with Crippen LogP contribution >= 0.6 is 0 Å². The van der Waals surface area contributed by atoms with Crippen LogP contribution in [0.4, 0.5) is 0 Å². The molecule has 0 amide bonds. The van der Waals surface area contributed by atoms with Crippen molar-refractivity contribution < 1.29 is 14.3 Å². The molecule has 1 aromatic carbocycles. The minimum absolute atomic E-state index is 0.204. The first-order chi connectivity index (χ1) is 12.7. The zero-order valence-electron chi connectivity index (χ0n) is 16.7. The van der Waals surface area contributed by atoms with E-state index in [2.05, 4.69) is 13.8 Å². The molecule has 0 bridgehead atoms. The number of carbonyl (C=O) groups excluding carboxylic acids is 1. The third-order valence-electron chi connectivity index (χ3n) is 5.19. The van der Waals surface area contributed by atoms with Gasteiger partial charge in [0.25, 0.3) is 0 Å². The molecule has 1 aliphatic rings. The zero-order chi connectivity index (χ0) is 18.6. The van der Waals surface area contributed by atoms with Gasteiger partial charge in [-0.05, 0) is 55.9 Å². The third-order valence-corrected chi connectivity index (χ3v) is 5.19. The Morgan fingerprint density at radius 2 is 1.77 bits per heavy atom. The summed E-state index contributed by atoms with van der Waals surface area (Å²) in [4.78, 5) is 12.2. The van der Waals surface area contributed by atoms with Crippen molar-refractivity contribution in [1.82, 2.24) is 0 Å². The standard InChI is InChI=1S/C23H36O3/c1-3-5-7-9-11-17-25-23(24)20-14-16-22-19(18-20)13-15-21(26-22)12-10-8-6-4-2/h14,16,18,21H,3-13,15,17H2,1-2H3. The van der Waals surface area contributed by atoms with E-state index in [1.165, 1.54) is 44.9 Å². The van der Waals surface area contributed by atoms with E-state index in [1.54, 1.807) is 0 Å². The molecule has 1 unspecified atom stereocenters. The third kappa shape index (κ3) is 7.01. The summed E-state index contributed by atoms with van der Waals surface area (Å²) in [7, 11) is 0. The van der Waals surface area contributed by atoms with Crippen LogP contribution < -0.4 is 4.74 Å². The van der Waals surface area contributed by atoms with E-state index in [4.69, 9.17) is 9.47 Å². The minimum atomic E-state index is -0.204. The van der Waals surface area contributed by atoms with Crippen molar-refractivity contribution in [2.75, 3.05) is 6.61 Å². The number of carbonyl (C=O) groups is 1. The molecule has 1 heterocycles. The van der Waals surface area contributed by atoms with E-state index in [0.29, 0.717) is 18.3 Å². The van der Waals surface area contributed by atoms with E-state index in [-0.39, 0.29) is 5.97 Å². The van der Waals surface area contributed by atoms with Gasteiger partial charge in [-0.2, -0.15) is 0 Å². The first-order valence-corrected chi connectivity index (χ1v) is 10.7. The second-order valence-corrected chi connectivity index (χ2v) is 7.50. The normalized spacial score (nSPS) is 16.0. The summed E-state index contributed by atoms with van der Waals surface area (Å²) in [5, 5.41) is 0. The van der Waals surface area contributed by atoms with E-state index in [1.807, 2.05) is 18.2 Å². The first-order valence-electron chi connectivity index (χ1n) is 10.7. The number of benzene rings is 1. The second-order valence-electron chi connectivity index (χ2n) is 7.50. The molecule has 3 heteroatoms. The van der Waals surface area contributed by atoms with E-state index < -0.39 is 0 Å². The fourth-order valence-electron chi connectivity index (χ4n) is 3.53. The number of fused-ring (bicyclic) bond motifs is 1. The first kappa shape index (κ1) is 20.8. The molecule has 1 aliphatic heterocycles. The molecule has 0 radical (unpaired) electrons. The van der Waals surface area contributed by atoms with Crippen LogP contribution in [0.1, 0.15) is 100 Å². The Balaban J connectivity index is 1.75. The number of rotatable bonds is 12. The van der Waals surface area contributed by atoms with Crippen molar-refractivity contribution in [3.8, 4) is 5.75 Å². The monoisotopic (exact) mass is 360 g/mol. The predicted octanol–water partition coefficient (Wildman–Crippen LogP) is 6.48. The molecule has 2 rings (SSSR count). The Labute approximate surface area is 159 Å². The minimum Gasteiger partial charge on any atom is -0.490 e. The summed E-state index contributed by atoms with van der Waals surface area (Å²) < 4.78 is 11.5. The largest absolute Gasteiger partial charge is 0.490 e. The number of unbranched alkanes of at least 4 members (excludes halogenated alkanes) is 7. The predicted molar refractivity (Wildman–Crippen MR) is 107 cm³/mol. The highest BCUT2D eigenvalue weighted by Gasteiger charge is 2.21. The Morgan fingerprint density at radius 3 is 2.54 bits per heavy atom. The van der Waals surface area contributed by atoms with Crippen LogP contribution in [0.25, 0.3) is 0 Å². The van der Waals surface area contributed by atoms with Gasteiger partial charge < -0.3 is 9.47 Å². The SMILES string of the molecule is CCCCCCCOC(=O)c1ccc2c(c1)CCC(CCCCCC)O2. The number of esters is 1. The van der Waals surface area contributed by atoms with Crippen molar-refractivity contribution in [3.63, 3.8) is 0 Å². The van der Waals surface area contributed by atoms with Gasteiger partial charge in [0.05, 0.1) is 18.3 Å². The lowest BCUT2D eigenvalue weighted by molar-refractivity contribution is 0.0497. The van der Waals surface area contributed by atoms with Crippen LogP contribution in [0.15, 0.2) is 18.2 Å². The molecule has 3 nitrogen and oxygen atoms in total. The highest BCUT2D eigenvalue weighted by Crippen LogP contribution is 2.30. The van der Waals surface area contributed by atoms with Gasteiger partial charge in [-0.3, -0.25) is 0 Å². The van der Waals surface area contributed by atoms with Crippen LogP contribution in [0.5, 0.6) is 5.75 Å². The average molecular weight is 361 g/mol. The molecule has 0 aliphatic carbocycles. The van der Waals surface area contributed by atoms with E-state index in [0.717, 1.165) is 43.4 Å². The molecule has 26 heavy (non-hydrogen) atoms. The van der Waals surface area contributed by atoms with Crippen molar-refractivity contribution >= 4 is 5.97 Å².